The van der Waals surface area contributed by atoms with E-state index in [2.05, 4.69) is 28.4 Å². The van der Waals surface area contributed by atoms with Crippen LogP contribution < -0.4 is 10.2 Å². The SMILES string of the molecule is c1cc2c(cc1N1CCCC1)CNCC2. The average Bonchev–Trinajstić information content (AvgIpc) is 2.82. The minimum Gasteiger partial charge on any atom is -0.372 e. The van der Waals surface area contributed by atoms with Gasteiger partial charge in [0.05, 0.1) is 0 Å². The molecule has 0 radical (unpaired) electrons. The standard InChI is InChI=1S/C13H18N2/c1-2-8-15(7-1)13-4-3-11-5-6-14-10-12(11)9-13/h3-4,9,14H,1-2,5-8,10H2. The summed E-state index contributed by atoms with van der Waals surface area (Å²) in [6.45, 7) is 4.67. The third-order valence-corrected chi connectivity index (χ3v) is 3.55. The lowest BCUT2D eigenvalue weighted by Gasteiger charge is -2.22. The second kappa shape index (κ2) is 3.86. The summed E-state index contributed by atoms with van der Waals surface area (Å²) < 4.78 is 0. The molecule has 0 spiro atoms. The van der Waals surface area contributed by atoms with Gasteiger partial charge >= 0.3 is 0 Å². The van der Waals surface area contributed by atoms with Gasteiger partial charge in [-0.25, -0.2) is 0 Å². The molecule has 0 unspecified atom stereocenters. The van der Waals surface area contributed by atoms with Gasteiger partial charge in [-0.2, -0.15) is 0 Å². The largest absolute Gasteiger partial charge is 0.372 e. The van der Waals surface area contributed by atoms with E-state index in [1.165, 1.54) is 49.2 Å². The van der Waals surface area contributed by atoms with Crippen molar-refractivity contribution in [2.45, 2.75) is 25.8 Å². The van der Waals surface area contributed by atoms with Crippen LogP contribution in [-0.4, -0.2) is 19.6 Å². The van der Waals surface area contributed by atoms with Crippen molar-refractivity contribution in [2.75, 3.05) is 24.5 Å². The van der Waals surface area contributed by atoms with Crippen LogP contribution in [0.5, 0.6) is 0 Å². The van der Waals surface area contributed by atoms with Crippen LogP contribution in [0.1, 0.15) is 24.0 Å². The fourth-order valence-corrected chi connectivity index (χ4v) is 2.64. The molecule has 1 fully saturated rings. The third kappa shape index (κ3) is 1.74. The van der Waals surface area contributed by atoms with Gasteiger partial charge in [0.15, 0.2) is 0 Å². The topological polar surface area (TPSA) is 15.3 Å². The van der Waals surface area contributed by atoms with Crippen molar-refractivity contribution in [2.24, 2.45) is 0 Å². The molecule has 15 heavy (non-hydrogen) atoms. The number of anilines is 1. The van der Waals surface area contributed by atoms with Crippen LogP contribution in [0.4, 0.5) is 5.69 Å². The first kappa shape index (κ1) is 9.22. The molecule has 1 aromatic carbocycles. The summed E-state index contributed by atoms with van der Waals surface area (Å²) in [6.07, 6.45) is 3.90. The first-order chi connectivity index (χ1) is 7.43. The summed E-state index contributed by atoms with van der Waals surface area (Å²) in [7, 11) is 0. The molecule has 2 aliphatic rings. The van der Waals surface area contributed by atoms with E-state index in [1.54, 1.807) is 0 Å². The monoisotopic (exact) mass is 202 g/mol. The molecule has 0 saturated carbocycles. The summed E-state index contributed by atoms with van der Waals surface area (Å²) >= 11 is 0. The van der Waals surface area contributed by atoms with Gasteiger partial charge in [0, 0.05) is 25.3 Å². The zero-order valence-corrected chi connectivity index (χ0v) is 9.13. The van der Waals surface area contributed by atoms with E-state index in [0.29, 0.717) is 0 Å². The molecule has 1 N–H and O–H groups in total. The average molecular weight is 202 g/mol. The number of fused-ring (bicyclic) bond motifs is 1. The zero-order chi connectivity index (χ0) is 10.1. The maximum absolute atomic E-state index is 3.44. The van der Waals surface area contributed by atoms with Crippen LogP contribution in [0.2, 0.25) is 0 Å². The Morgan fingerprint density at radius 1 is 1.07 bits per heavy atom. The molecule has 0 amide bonds. The smallest absolute Gasteiger partial charge is 0.0369 e. The molecule has 2 heterocycles. The Balaban J connectivity index is 1.89. The fourth-order valence-electron chi connectivity index (χ4n) is 2.64. The van der Waals surface area contributed by atoms with E-state index in [-0.39, 0.29) is 0 Å². The summed E-state index contributed by atoms with van der Waals surface area (Å²) in [4.78, 5) is 2.51. The zero-order valence-electron chi connectivity index (χ0n) is 9.13. The Kier molecular flexibility index (Phi) is 2.37. The molecule has 2 nitrogen and oxygen atoms in total. The van der Waals surface area contributed by atoms with E-state index in [4.69, 9.17) is 0 Å². The van der Waals surface area contributed by atoms with Crippen LogP contribution in [0.3, 0.4) is 0 Å². The van der Waals surface area contributed by atoms with Gasteiger partial charge in [0.2, 0.25) is 0 Å². The summed E-state index contributed by atoms with van der Waals surface area (Å²) in [5.74, 6) is 0. The van der Waals surface area contributed by atoms with Crippen molar-refractivity contribution >= 4 is 5.69 Å². The molecule has 2 aliphatic heterocycles. The van der Waals surface area contributed by atoms with Crippen molar-refractivity contribution in [3.05, 3.63) is 29.3 Å². The minimum absolute atomic E-state index is 1.05. The molecule has 0 aliphatic carbocycles. The van der Waals surface area contributed by atoms with Crippen LogP contribution in [0.15, 0.2) is 18.2 Å². The lowest BCUT2D eigenvalue weighted by molar-refractivity contribution is 0.643. The number of rotatable bonds is 1. The number of hydrogen-bond donors (Lipinski definition) is 1. The molecular formula is C13H18N2. The van der Waals surface area contributed by atoms with Gasteiger partial charge in [0.1, 0.15) is 0 Å². The highest BCUT2D eigenvalue weighted by molar-refractivity contribution is 5.52. The van der Waals surface area contributed by atoms with E-state index in [0.717, 1.165) is 13.1 Å². The third-order valence-electron chi connectivity index (χ3n) is 3.55. The van der Waals surface area contributed by atoms with E-state index in [9.17, 15) is 0 Å². The Hall–Kier alpha value is -1.02. The predicted molar refractivity (Wildman–Crippen MR) is 63.3 cm³/mol. The lowest BCUT2D eigenvalue weighted by Crippen LogP contribution is -2.24. The van der Waals surface area contributed by atoms with E-state index < -0.39 is 0 Å². The predicted octanol–water partition coefficient (Wildman–Crippen LogP) is 1.93. The Morgan fingerprint density at radius 3 is 2.80 bits per heavy atom. The van der Waals surface area contributed by atoms with Crippen molar-refractivity contribution in [1.82, 2.24) is 5.32 Å². The van der Waals surface area contributed by atoms with Crippen LogP contribution in [-0.2, 0) is 13.0 Å². The second-order valence-corrected chi connectivity index (χ2v) is 4.57. The molecule has 3 rings (SSSR count). The molecule has 80 valence electrons. The Bertz CT molecular complexity index is 354. The summed E-state index contributed by atoms with van der Waals surface area (Å²) in [5.41, 5.74) is 4.47. The molecule has 1 aromatic rings. The number of hydrogen-bond acceptors (Lipinski definition) is 2. The van der Waals surface area contributed by atoms with Gasteiger partial charge in [-0.15, -0.1) is 0 Å². The normalized spacial score (nSPS) is 20.4. The Morgan fingerprint density at radius 2 is 1.93 bits per heavy atom. The van der Waals surface area contributed by atoms with Crippen LogP contribution >= 0.6 is 0 Å². The summed E-state index contributed by atoms with van der Waals surface area (Å²) in [6, 6.07) is 7.01. The maximum atomic E-state index is 3.44. The highest BCUT2D eigenvalue weighted by Gasteiger charge is 2.15. The quantitative estimate of drug-likeness (QED) is 0.748. The molecule has 0 atom stereocenters. The highest BCUT2D eigenvalue weighted by Crippen LogP contribution is 2.24. The van der Waals surface area contributed by atoms with Gasteiger partial charge in [0.25, 0.3) is 0 Å². The molecule has 2 heteroatoms. The fraction of sp³-hybridized carbons (Fsp3) is 0.538. The van der Waals surface area contributed by atoms with E-state index in [1.807, 2.05) is 0 Å². The van der Waals surface area contributed by atoms with Gasteiger partial charge in [-0.3, -0.25) is 0 Å². The second-order valence-electron chi connectivity index (χ2n) is 4.57. The van der Waals surface area contributed by atoms with Crippen LogP contribution in [0, 0.1) is 0 Å². The van der Waals surface area contributed by atoms with Crippen molar-refractivity contribution < 1.29 is 0 Å². The first-order valence-electron chi connectivity index (χ1n) is 6.01. The van der Waals surface area contributed by atoms with Gasteiger partial charge < -0.3 is 10.2 Å². The summed E-state index contributed by atoms with van der Waals surface area (Å²) in [5, 5.41) is 3.44. The number of nitrogens with zero attached hydrogens (tertiary/aromatic N) is 1. The van der Waals surface area contributed by atoms with Crippen molar-refractivity contribution in [3.8, 4) is 0 Å². The van der Waals surface area contributed by atoms with Crippen LogP contribution in [0.25, 0.3) is 0 Å². The first-order valence-corrected chi connectivity index (χ1v) is 6.01. The molecule has 1 saturated heterocycles. The lowest BCUT2D eigenvalue weighted by atomic mass is 10.0. The van der Waals surface area contributed by atoms with Crippen molar-refractivity contribution in [3.63, 3.8) is 0 Å². The minimum atomic E-state index is 1.05. The molecule has 0 bridgehead atoms. The maximum Gasteiger partial charge on any atom is 0.0369 e. The van der Waals surface area contributed by atoms with Gasteiger partial charge in [-0.1, -0.05) is 6.07 Å². The molecular weight excluding hydrogens is 184 g/mol. The highest BCUT2D eigenvalue weighted by atomic mass is 15.1. The number of nitrogens with one attached hydrogen (secondary N) is 1. The Labute approximate surface area is 91.3 Å². The van der Waals surface area contributed by atoms with Gasteiger partial charge in [-0.05, 0) is 49.1 Å². The van der Waals surface area contributed by atoms with Crippen molar-refractivity contribution in [1.29, 1.82) is 0 Å². The van der Waals surface area contributed by atoms with E-state index >= 15 is 0 Å². The molecule has 0 aromatic heterocycles. The number of benzene rings is 1.